The van der Waals surface area contributed by atoms with Crippen molar-refractivity contribution < 1.29 is 23.1 Å². The SMILES string of the molecule is CNSc1ccc(-c2nc3nc(C(=O)O)nc(N[C@H](C)C4CCC4)c3n2Cc2ccc(C(F)(F)F)cc2)cc1. The van der Waals surface area contributed by atoms with Gasteiger partial charge in [0.05, 0.1) is 5.56 Å². The van der Waals surface area contributed by atoms with Gasteiger partial charge in [-0.3, -0.25) is 4.72 Å². The molecule has 2 aromatic carbocycles. The summed E-state index contributed by atoms with van der Waals surface area (Å²) in [5.41, 5.74) is 1.32. The number of halogens is 3. The van der Waals surface area contributed by atoms with Crippen LogP contribution in [0.1, 0.15) is 47.9 Å². The van der Waals surface area contributed by atoms with Gasteiger partial charge in [0.15, 0.2) is 11.5 Å². The van der Waals surface area contributed by atoms with Gasteiger partial charge in [0.2, 0.25) is 5.82 Å². The van der Waals surface area contributed by atoms with Gasteiger partial charge >= 0.3 is 12.1 Å². The van der Waals surface area contributed by atoms with Crippen molar-refractivity contribution in [2.75, 3.05) is 12.4 Å². The maximum Gasteiger partial charge on any atom is 0.416 e. The standard InChI is InChI=1S/C27H27F3N6O2S/c1-15(17-4-3-5-17)32-22-21-23(34-24(33-22)26(37)38)35-25(18-8-12-20(13-9-18)39-31-2)36(21)14-16-6-10-19(11-7-16)27(28,29)30/h6-13,15,17,31H,3-5,14H2,1-2H3,(H,37,38)(H,32,33,34)/t15-/m1/s1. The van der Waals surface area contributed by atoms with Crippen molar-refractivity contribution in [3.8, 4) is 11.4 Å². The molecule has 1 atom stereocenters. The highest BCUT2D eigenvalue weighted by Crippen LogP contribution is 2.35. The number of nitrogens with one attached hydrogen (secondary N) is 2. The van der Waals surface area contributed by atoms with Gasteiger partial charge in [-0.25, -0.2) is 19.7 Å². The maximum absolute atomic E-state index is 13.2. The van der Waals surface area contributed by atoms with Crippen molar-refractivity contribution in [1.82, 2.24) is 24.2 Å². The zero-order valence-corrected chi connectivity index (χ0v) is 22.1. The van der Waals surface area contributed by atoms with E-state index in [1.54, 1.807) is 0 Å². The Morgan fingerprint density at radius 3 is 2.36 bits per heavy atom. The van der Waals surface area contributed by atoms with Crippen molar-refractivity contribution in [2.45, 2.75) is 49.8 Å². The Morgan fingerprint density at radius 2 is 1.79 bits per heavy atom. The van der Waals surface area contributed by atoms with Crippen LogP contribution in [0.5, 0.6) is 0 Å². The first kappa shape index (κ1) is 26.9. The fourth-order valence-corrected chi connectivity index (χ4v) is 5.16. The van der Waals surface area contributed by atoms with Crippen LogP contribution in [0.15, 0.2) is 53.4 Å². The minimum atomic E-state index is -4.44. The van der Waals surface area contributed by atoms with Crippen molar-refractivity contribution in [1.29, 1.82) is 0 Å². The van der Waals surface area contributed by atoms with Gasteiger partial charge in [-0.15, -0.1) is 0 Å². The predicted octanol–water partition coefficient (Wildman–Crippen LogP) is 6.09. The molecule has 1 fully saturated rings. The first-order valence-corrected chi connectivity index (χ1v) is 13.3. The number of hydrogen-bond donors (Lipinski definition) is 3. The number of aromatic nitrogens is 4. The molecular weight excluding hydrogens is 529 g/mol. The highest BCUT2D eigenvalue weighted by Gasteiger charge is 2.30. The second-order valence-electron chi connectivity index (χ2n) is 9.54. The molecule has 204 valence electrons. The Hall–Kier alpha value is -3.64. The summed E-state index contributed by atoms with van der Waals surface area (Å²) in [6.45, 7) is 2.22. The first-order chi connectivity index (χ1) is 18.6. The second-order valence-corrected chi connectivity index (χ2v) is 10.6. The lowest BCUT2D eigenvalue weighted by atomic mass is 9.80. The Labute approximate surface area is 227 Å². The number of carboxylic acids is 1. The molecule has 12 heteroatoms. The zero-order chi connectivity index (χ0) is 27.7. The summed E-state index contributed by atoms with van der Waals surface area (Å²) in [6, 6.07) is 12.6. The van der Waals surface area contributed by atoms with E-state index < -0.39 is 17.7 Å². The number of nitrogens with zero attached hydrogens (tertiary/aromatic N) is 4. The highest BCUT2D eigenvalue weighted by atomic mass is 32.2. The number of carbonyl (C=O) groups is 1. The molecule has 0 amide bonds. The average molecular weight is 557 g/mol. The van der Waals surface area contributed by atoms with E-state index in [0.717, 1.165) is 41.9 Å². The van der Waals surface area contributed by atoms with Gasteiger partial charge in [-0.05, 0) is 74.5 Å². The molecule has 0 saturated heterocycles. The van der Waals surface area contributed by atoms with Crippen LogP contribution >= 0.6 is 11.9 Å². The van der Waals surface area contributed by atoms with E-state index in [1.807, 2.05) is 42.8 Å². The van der Waals surface area contributed by atoms with Gasteiger partial charge < -0.3 is 15.0 Å². The van der Waals surface area contributed by atoms with Crippen LogP contribution in [-0.2, 0) is 12.7 Å². The van der Waals surface area contributed by atoms with Crippen LogP contribution in [-0.4, -0.2) is 43.7 Å². The van der Waals surface area contributed by atoms with Crippen LogP contribution in [0.25, 0.3) is 22.6 Å². The van der Waals surface area contributed by atoms with Crippen LogP contribution in [0.4, 0.5) is 19.0 Å². The molecule has 2 heterocycles. The predicted molar refractivity (Wildman–Crippen MR) is 144 cm³/mol. The van der Waals surface area contributed by atoms with Gasteiger partial charge in [0, 0.05) is 23.0 Å². The topological polar surface area (TPSA) is 105 Å². The Morgan fingerprint density at radius 1 is 1.10 bits per heavy atom. The molecule has 8 nitrogen and oxygen atoms in total. The van der Waals surface area contributed by atoms with E-state index in [0.29, 0.717) is 28.6 Å². The summed E-state index contributed by atoms with van der Waals surface area (Å²) in [5, 5.41) is 13.1. The highest BCUT2D eigenvalue weighted by molar-refractivity contribution is 7.97. The normalized spacial score (nSPS) is 14.8. The third kappa shape index (κ3) is 5.71. The van der Waals surface area contributed by atoms with E-state index in [-0.39, 0.29) is 24.1 Å². The molecule has 0 radical (unpaired) electrons. The molecule has 0 aliphatic heterocycles. The Kier molecular flexibility index (Phi) is 7.50. The van der Waals surface area contributed by atoms with Gasteiger partial charge in [-0.2, -0.15) is 13.2 Å². The molecule has 0 spiro atoms. The number of hydrogen-bond acceptors (Lipinski definition) is 7. The Bertz CT molecular complexity index is 1480. The number of aromatic carboxylic acids is 1. The average Bonchev–Trinajstić information content (AvgIpc) is 3.21. The van der Waals surface area contributed by atoms with Crippen molar-refractivity contribution in [3.63, 3.8) is 0 Å². The number of imidazole rings is 1. The minimum absolute atomic E-state index is 0.0363. The van der Waals surface area contributed by atoms with E-state index in [1.165, 1.54) is 24.1 Å². The molecule has 0 bridgehead atoms. The lowest BCUT2D eigenvalue weighted by Crippen LogP contribution is -2.31. The number of alkyl halides is 3. The lowest BCUT2D eigenvalue weighted by Gasteiger charge is -2.32. The van der Waals surface area contributed by atoms with E-state index in [4.69, 9.17) is 4.98 Å². The van der Waals surface area contributed by atoms with Crippen molar-refractivity contribution in [3.05, 3.63) is 65.5 Å². The van der Waals surface area contributed by atoms with E-state index >= 15 is 0 Å². The fourth-order valence-electron chi connectivity index (χ4n) is 4.65. The molecule has 5 rings (SSSR count). The molecular formula is C27H27F3N6O2S. The van der Waals surface area contributed by atoms with Gasteiger partial charge in [0.1, 0.15) is 11.3 Å². The van der Waals surface area contributed by atoms with Crippen LogP contribution < -0.4 is 10.0 Å². The summed E-state index contributed by atoms with van der Waals surface area (Å²) in [7, 11) is 1.82. The summed E-state index contributed by atoms with van der Waals surface area (Å²) < 4.78 is 44.3. The third-order valence-corrected chi connectivity index (χ3v) is 7.68. The minimum Gasteiger partial charge on any atom is -0.475 e. The number of carboxylic acid groups (broad SMARTS) is 1. The van der Waals surface area contributed by atoms with Gasteiger partial charge in [-0.1, -0.05) is 30.7 Å². The smallest absolute Gasteiger partial charge is 0.416 e. The molecule has 1 aliphatic rings. The van der Waals surface area contributed by atoms with Crippen molar-refractivity contribution in [2.24, 2.45) is 5.92 Å². The summed E-state index contributed by atoms with van der Waals surface area (Å²) in [5.74, 6) is -0.376. The van der Waals surface area contributed by atoms with Crippen molar-refractivity contribution >= 4 is 34.9 Å². The number of anilines is 1. The Balaban J connectivity index is 1.65. The van der Waals surface area contributed by atoms with E-state index in [9.17, 15) is 23.1 Å². The summed E-state index contributed by atoms with van der Waals surface area (Å²) >= 11 is 1.45. The first-order valence-electron chi connectivity index (χ1n) is 12.5. The number of fused-ring (bicyclic) bond motifs is 1. The number of rotatable bonds is 9. The molecule has 1 aliphatic carbocycles. The molecule has 1 saturated carbocycles. The zero-order valence-electron chi connectivity index (χ0n) is 21.3. The second kappa shape index (κ2) is 10.9. The third-order valence-electron chi connectivity index (χ3n) is 6.97. The monoisotopic (exact) mass is 556 g/mol. The molecule has 2 aromatic heterocycles. The lowest BCUT2D eigenvalue weighted by molar-refractivity contribution is -0.137. The fraction of sp³-hybridized carbons (Fsp3) is 0.333. The molecule has 3 N–H and O–H groups in total. The number of benzene rings is 2. The summed E-state index contributed by atoms with van der Waals surface area (Å²) in [6.07, 6.45) is -1.15. The molecule has 4 aromatic rings. The van der Waals surface area contributed by atoms with Crippen LogP contribution in [0, 0.1) is 5.92 Å². The molecule has 39 heavy (non-hydrogen) atoms. The quantitative estimate of drug-likeness (QED) is 0.213. The summed E-state index contributed by atoms with van der Waals surface area (Å²) in [4.78, 5) is 26.1. The molecule has 0 unspecified atom stereocenters. The van der Waals surface area contributed by atoms with Gasteiger partial charge in [0.25, 0.3) is 0 Å². The maximum atomic E-state index is 13.2. The van der Waals surface area contributed by atoms with E-state index in [2.05, 4.69) is 20.0 Å². The van der Waals surface area contributed by atoms with Crippen LogP contribution in [0.3, 0.4) is 0 Å². The largest absolute Gasteiger partial charge is 0.475 e. The van der Waals surface area contributed by atoms with Crippen LogP contribution in [0.2, 0.25) is 0 Å².